The zero-order chi connectivity index (χ0) is 7.98. The molecule has 2 heteroatoms. The van der Waals surface area contributed by atoms with Crippen molar-refractivity contribution in [3.05, 3.63) is 0 Å². The van der Waals surface area contributed by atoms with E-state index in [4.69, 9.17) is 0 Å². The predicted octanol–water partition coefficient (Wildman–Crippen LogP) is 3.12. The van der Waals surface area contributed by atoms with Gasteiger partial charge in [0, 0.05) is 0 Å². The Labute approximate surface area is 61.6 Å². The Morgan fingerprint density at radius 2 is 1.90 bits per heavy atom. The van der Waals surface area contributed by atoms with Gasteiger partial charge in [0.25, 0.3) is 0 Å². The molecule has 0 amide bonds. The summed E-state index contributed by atoms with van der Waals surface area (Å²) in [7, 11) is 0. The molecule has 0 aliphatic rings. The Morgan fingerprint density at radius 1 is 1.30 bits per heavy atom. The molecule has 0 radical (unpaired) electrons. The molecule has 0 fully saturated rings. The van der Waals surface area contributed by atoms with Crippen molar-refractivity contribution in [1.82, 2.24) is 0 Å². The average Bonchev–Trinajstić information content (AvgIpc) is 1.82. The number of alkyl halides is 2. The van der Waals surface area contributed by atoms with Gasteiger partial charge in [0.15, 0.2) is 0 Å². The van der Waals surface area contributed by atoms with Crippen LogP contribution in [0.4, 0.5) is 8.78 Å². The standard InChI is InChI=1S/C8H16F2/c1-7(4-3-5-9)6-8(2)10/h7-8H,3-6H2,1-2H3. The van der Waals surface area contributed by atoms with Crippen LogP contribution in [0.2, 0.25) is 0 Å². The summed E-state index contributed by atoms with van der Waals surface area (Å²) < 4.78 is 23.9. The first-order chi connectivity index (χ1) is 4.66. The fourth-order valence-corrected chi connectivity index (χ4v) is 1.10. The van der Waals surface area contributed by atoms with Crippen LogP contribution < -0.4 is 0 Å². The van der Waals surface area contributed by atoms with E-state index < -0.39 is 6.17 Å². The first-order valence-electron chi connectivity index (χ1n) is 3.86. The van der Waals surface area contributed by atoms with Gasteiger partial charge in [0.2, 0.25) is 0 Å². The van der Waals surface area contributed by atoms with Crippen LogP contribution in [-0.4, -0.2) is 12.8 Å². The molecule has 0 aromatic carbocycles. The molecule has 0 heterocycles. The minimum atomic E-state index is -0.741. The van der Waals surface area contributed by atoms with E-state index in [-0.39, 0.29) is 6.67 Å². The number of hydrogen-bond acceptors (Lipinski definition) is 0. The van der Waals surface area contributed by atoms with Crippen LogP contribution in [0.1, 0.15) is 33.1 Å². The molecule has 0 saturated carbocycles. The van der Waals surface area contributed by atoms with Crippen LogP contribution in [0.3, 0.4) is 0 Å². The third-order valence-electron chi connectivity index (χ3n) is 1.56. The van der Waals surface area contributed by atoms with Crippen molar-refractivity contribution in [3.63, 3.8) is 0 Å². The third-order valence-corrected chi connectivity index (χ3v) is 1.56. The number of rotatable bonds is 5. The topological polar surface area (TPSA) is 0 Å². The third kappa shape index (κ3) is 5.99. The molecule has 0 N–H and O–H groups in total. The van der Waals surface area contributed by atoms with Gasteiger partial charge in [0.1, 0.15) is 0 Å². The molecule has 0 nitrogen and oxygen atoms in total. The Kier molecular flexibility index (Phi) is 5.55. The van der Waals surface area contributed by atoms with Gasteiger partial charge in [-0.2, -0.15) is 0 Å². The smallest absolute Gasteiger partial charge is 0.0976 e. The quantitative estimate of drug-likeness (QED) is 0.565. The Balaban J connectivity index is 3.16. The van der Waals surface area contributed by atoms with Crippen LogP contribution in [0.25, 0.3) is 0 Å². The van der Waals surface area contributed by atoms with Crippen molar-refractivity contribution in [3.8, 4) is 0 Å². The summed E-state index contributed by atoms with van der Waals surface area (Å²) in [6.07, 6.45) is 1.22. The maximum Gasteiger partial charge on any atom is 0.0976 e. The van der Waals surface area contributed by atoms with Gasteiger partial charge >= 0.3 is 0 Å². The Morgan fingerprint density at radius 3 is 2.30 bits per heavy atom. The lowest BCUT2D eigenvalue weighted by Gasteiger charge is -2.09. The summed E-state index contributed by atoms with van der Waals surface area (Å²) in [5, 5.41) is 0. The van der Waals surface area contributed by atoms with Crippen molar-refractivity contribution < 1.29 is 8.78 Å². The van der Waals surface area contributed by atoms with Crippen LogP contribution in [0.15, 0.2) is 0 Å². The molecule has 2 atom stereocenters. The first-order valence-corrected chi connectivity index (χ1v) is 3.86. The Bertz CT molecular complexity index is 71.7. The molecule has 2 unspecified atom stereocenters. The first kappa shape index (κ1) is 9.86. The number of halogens is 2. The van der Waals surface area contributed by atoms with Crippen molar-refractivity contribution in [2.24, 2.45) is 5.92 Å². The summed E-state index contributed by atoms with van der Waals surface area (Å²) in [6.45, 7) is 3.24. The number of hydrogen-bond donors (Lipinski definition) is 0. The van der Waals surface area contributed by atoms with E-state index in [9.17, 15) is 8.78 Å². The molecular weight excluding hydrogens is 134 g/mol. The van der Waals surface area contributed by atoms with Crippen LogP contribution >= 0.6 is 0 Å². The fraction of sp³-hybridized carbons (Fsp3) is 1.00. The largest absolute Gasteiger partial charge is 0.251 e. The van der Waals surface area contributed by atoms with Crippen molar-refractivity contribution in [2.75, 3.05) is 6.67 Å². The molecule has 0 aliphatic carbocycles. The van der Waals surface area contributed by atoms with E-state index >= 15 is 0 Å². The molecule has 0 spiro atoms. The summed E-state index contributed by atoms with van der Waals surface area (Å²) in [6, 6.07) is 0. The molecule has 0 aromatic rings. The zero-order valence-corrected chi connectivity index (χ0v) is 6.74. The van der Waals surface area contributed by atoms with E-state index in [0.717, 1.165) is 6.42 Å². The highest BCUT2D eigenvalue weighted by Crippen LogP contribution is 2.14. The second kappa shape index (κ2) is 5.63. The minimum Gasteiger partial charge on any atom is -0.251 e. The lowest BCUT2D eigenvalue weighted by atomic mass is 10.00. The van der Waals surface area contributed by atoms with Crippen molar-refractivity contribution in [2.45, 2.75) is 39.3 Å². The van der Waals surface area contributed by atoms with E-state index in [0.29, 0.717) is 18.8 Å². The van der Waals surface area contributed by atoms with Gasteiger partial charge in [-0.25, -0.2) is 4.39 Å². The Hall–Kier alpha value is -0.140. The van der Waals surface area contributed by atoms with Gasteiger partial charge in [-0.1, -0.05) is 6.92 Å². The summed E-state index contributed by atoms with van der Waals surface area (Å²) in [5.41, 5.74) is 0. The SMILES string of the molecule is CC(F)CC(C)CCCF. The normalized spacial score (nSPS) is 16.8. The molecular formula is C8H16F2. The average molecular weight is 150 g/mol. The second-order valence-corrected chi connectivity index (χ2v) is 2.95. The predicted molar refractivity (Wildman–Crippen MR) is 39.6 cm³/mol. The van der Waals surface area contributed by atoms with E-state index in [1.54, 1.807) is 6.92 Å². The molecule has 0 aliphatic heterocycles. The van der Waals surface area contributed by atoms with Gasteiger partial charge in [-0.3, -0.25) is 4.39 Å². The molecule has 62 valence electrons. The van der Waals surface area contributed by atoms with E-state index in [1.807, 2.05) is 6.92 Å². The van der Waals surface area contributed by atoms with Gasteiger partial charge < -0.3 is 0 Å². The van der Waals surface area contributed by atoms with Crippen molar-refractivity contribution >= 4 is 0 Å². The van der Waals surface area contributed by atoms with Gasteiger partial charge in [-0.15, -0.1) is 0 Å². The summed E-state index contributed by atoms with van der Waals surface area (Å²) in [4.78, 5) is 0. The monoisotopic (exact) mass is 150 g/mol. The van der Waals surface area contributed by atoms with Crippen LogP contribution in [0, 0.1) is 5.92 Å². The van der Waals surface area contributed by atoms with E-state index in [1.165, 1.54) is 0 Å². The summed E-state index contributed by atoms with van der Waals surface area (Å²) in [5.74, 6) is 0.329. The lowest BCUT2D eigenvalue weighted by Crippen LogP contribution is -2.03. The second-order valence-electron chi connectivity index (χ2n) is 2.95. The summed E-state index contributed by atoms with van der Waals surface area (Å²) >= 11 is 0. The lowest BCUT2D eigenvalue weighted by molar-refractivity contribution is 0.282. The molecule has 0 aromatic heterocycles. The van der Waals surface area contributed by atoms with Crippen LogP contribution in [-0.2, 0) is 0 Å². The zero-order valence-electron chi connectivity index (χ0n) is 6.74. The van der Waals surface area contributed by atoms with Gasteiger partial charge in [0.05, 0.1) is 12.8 Å². The maximum atomic E-state index is 12.3. The van der Waals surface area contributed by atoms with Crippen LogP contribution in [0.5, 0.6) is 0 Å². The minimum absolute atomic E-state index is 0.273. The highest BCUT2D eigenvalue weighted by atomic mass is 19.1. The molecule has 0 saturated heterocycles. The highest BCUT2D eigenvalue weighted by molar-refractivity contribution is 4.57. The molecule has 0 bridgehead atoms. The van der Waals surface area contributed by atoms with Crippen molar-refractivity contribution in [1.29, 1.82) is 0 Å². The van der Waals surface area contributed by atoms with E-state index in [2.05, 4.69) is 0 Å². The molecule has 10 heavy (non-hydrogen) atoms. The maximum absolute atomic E-state index is 12.3. The molecule has 0 rings (SSSR count). The fourth-order valence-electron chi connectivity index (χ4n) is 1.10. The van der Waals surface area contributed by atoms with Gasteiger partial charge in [-0.05, 0) is 32.1 Å². The highest BCUT2D eigenvalue weighted by Gasteiger charge is 2.06.